The van der Waals surface area contributed by atoms with Gasteiger partial charge < -0.3 is 4.74 Å². The molecule has 0 amide bonds. The van der Waals surface area contributed by atoms with Crippen LogP contribution in [0.1, 0.15) is 15.9 Å². The van der Waals surface area contributed by atoms with E-state index in [1.165, 1.54) is 29.1 Å². The maximum absolute atomic E-state index is 12.0. The van der Waals surface area contributed by atoms with E-state index in [0.717, 1.165) is 0 Å². The van der Waals surface area contributed by atoms with Crippen LogP contribution in [0.3, 0.4) is 0 Å². The second-order valence-electron chi connectivity index (χ2n) is 4.05. The number of rotatable bonds is 5. The fourth-order valence-electron chi connectivity index (χ4n) is 1.58. The average Bonchev–Trinajstić information content (AvgIpc) is 2.84. The van der Waals surface area contributed by atoms with Gasteiger partial charge >= 0.3 is 6.61 Å². The molecule has 0 spiro atoms. The van der Waals surface area contributed by atoms with Gasteiger partial charge in [-0.15, -0.1) is 0 Å². The number of hydrogen-bond acceptors (Lipinski definition) is 3. The number of halogens is 2. The van der Waals surface area contributed by atoms with Gasteiger partial charge in [-0.05, 0) is 23.8 Å². The number of ketones is 1. The van der Waals surface area contributed by atoms with Gasteiger partial charge in [0.05, 0.1) is 11.8 Å². The lowest BCUT2D eigenvalue weighted by Gasteiger charge is -2.03. The molecular formula is C14H12F2N2O2. The van der Waals surface area contributed by atoms with Crippen LogP contribution < -0.4 is 4.74 Å². The largest absolute Gasteiger partial charge is 0.435 e. The van der Waals surface area contributed by atoms with Crippen molar-refractivity contribution in [2.24, 2.45) is 7.05 Å². The normalized spacial score (nSPS) is 11.2. The standard InChI is InChI=1S/C14H12F2N2O2/c1-18-9-11(8-17-18)13(19)7-4-10-2-5-12(6-3-10)20-14(15)16/h2-9,14H,1H3/b7-4+. The molecule has 4 nitrogen and oxygen atoms in total. The predicted molar refractivity (Wildman–Crippen MR) is 69.6 cm³/mol. The van der Waals surface area contributed by atoms with E-state index < -0.39 is 6.61 Å². The highest BCUT2D eigenvalue weighted by Crippen LogP contribution is 2.15. The van der Waals surface area contributed by atoms with Gasteiger partial charge in [0.1, 0.15) is 5.75 Å². The van der Waals surface area contributed by atoms with Gasteiger partial charge in [-0.2, -0.15) is 13.9 Å². The second kappa shape index (κ2) is 6.10. The van der Waals surface area contributed by atoms with Crippen LogP contribution in [-0.4, -0.2) is 22.2 Å². The van der Waals surface area contributed by atoms with E-state index >= 15 is 0 Å². The SMILES string of the molecule is Cn1cc(C(=O)/C=C/c2ccc(OC(F)F)cc2)cn1. The van der Waals surface area contributed by atoms with Crippen molar-refractivity contribution in [2.45, 2.75) is 6.61 Å². The molecule has 0 saturated carbocycles. The monoisotopic (exact) mass is 278 g/mol. The highest BCUT2D eigenvalue weighted by atomic mass is 19.3. The zero-order valence-electron chi connectivity index (χ0n) is 10.7. The van der Waals surface area contributed by atoms with Crippen LogP contribution in [0.5, 0.6) is 5.75 Å². The summed E-state index contributed by atoms with van der Waals surface area (Å²) in [5.74, 6) is -0.0956. The molecule has 1 aromatic carbocycles. The minimum absolute atomic E-state index is 0.0794. The molecule has 0 saturated heterocycles. The third-order valence-electron chi connectivity index (χ3n) is 2.52. The van der Waals surface area contributed by atoms with E-state index in [9.17, 15) is 13.6 Å². The molecule has 0 N–H and O–H groups in total. The Morgan fingerprint density at radius 2 is 2.05 bits per heavy atom. The molecule has 0 aliphatic carbocycles. The van der Waals surface area contributed by atoms with Crippen molar-refractivity contribution < 1.29 is 18.3 Å². The van der Waals surface area contributed by atoms with Crippen LogP contribution in [0, 0.1) is 0 Å². The Hall–Kier alpha value is -2.50. The first-order valence-electron chi connectivity index (χ1n) is 5.80. The third-order valence-corrected chi connectivity index (χ3v) is 2.52. The fraction of sp³-hybridized carbons (Fsp3) is 0.143. The number of aromatic nitrogens is 2. The summed E-state index contributed by atoms with van der Waals surface area (Å²) in [4.78, 5) is 11.8. The van der Waals surface area contributed by atoms with Crippen molar-refractivity contribution in [3.05, 3.63) is 53.9 Å². The van der Waals surface area contributed by atoms with E-state index in [4.69, 9.17) is 0 Å². The van der Waals surface area contributed by atoms with Gasteiger partial charge in [-0.1, -0.05) is 18.2 Å². The zero-order chi connectivity index (χ0) is 14.5. The van der Waals surface area contributed by atoms with Crippen LogP contribution in [0.2, 0.25) is 0 Å². The Morgan fingerprint density at radius 3 is 2.60 bits per heavy atom. The molecule has 2 rings (SSSR count). The van der Waals surface area contributed by atoms with Gasteiger partial charge in [0.25, 0.3) is 0 Å². The summed E-state index contributed by atoms with van der Waals surface area (Å²) in [7, 11) is 1.72. The third kappa shape index (κ3) is 3.74. The van der Waals surface area contributed by atoms with Gasteiger partial charge in [0, 0.05) is 13.2 Å². The molecule has 2 aromatic rings. The number of hydrogen-bond donors (Lipinski definition) is 0. The van der Waals surface area contributed by atoms with E-state index in [-0.39, 0.29) is 11.5 Å². The lowest BCUT2D eigenvalue weighted by atomic mass is 10.1. The summed E-state index contributed by atoms with van der Waals surface area (Å²) >= 11 is 0. The summed E-state index contributed by atoms with van der Waals surface area (Å²) in [5.41, 5.74) is 1.20. The molecule has 0 aliphatic rings. The van der Waals surface area contributed by atoms with E-state index in [1.54, 1.807) is 31.5 Å². The molecule has 0 bridgehead atoms. The Bertz CT molecular complexity index is 618. The van der Waals surface area contributed by atoms with Gasteiger partial charge in [-0.25, -0.2) is 0 Å². The van der Waals surface area contributed by atoms with Gasteiger partial charge in [0.15, 0.2) is 5.78 Å². The lowest BCUT2D eigenvalue weighted by molar-refractivity contribution is -0.0498. The Kier molecular flexibility index (Phi) is 4.24. The predicted octanol–water partition coefficient (Wildman–Crippen LogP) is 2.92. The quantitative estimate of drug-likeness (QED) is 0.624. The maximum Gasteiger partial charge on any atom is 0.387 e. The Balaban J connectivity index is 2.02. The van der Waals surface area contributed by atoms with Crippen LogP contribution in [-0.2, 0) is 7.05 Å². The summed E-state index contributed by atoms with van der Waals surface area (Å²) in [6.07, 6.45) is 6.10. The number of benzene rings is 1. The van der Waals surface area contributed by atoms with Crippen molar-refractivity contribution in [1.82, 2.24) is 9.78 Å². The molecule has 0 radical (unpaired) electrons. The molecule has 1 aromatic heterocycles. The van der Waals surface area contributed by atoms with E-state index in [1.807, 2.05) is 0 Å². The number of alkyl halides is 2. The first-order chi connectivity index (χ1) is 9.54. The van der Waals surface area contributed by atoms with Gasteiger partial charge in [0.2, 0.25) is 0 Å². The minimum Gasteiger partial charge on any atom is -0.435 e. The number of allylic oxidation sites excluding steroid dienone is 1. The highest BCUT2D eigenvalue weighted by Gasteiger charge is 2.04. The molecular weight excluding hydrogens is 266 g/mol. The lowest BCUT2D eigenvalue weighted by Crippen LogP contribution is -2.01. The average molecular weight is 278 g/mol. The van der Waals surface area contributed by atoms with Crippen molar-refractivity contribution in [3.63, 3.8) is 0 Å². The Morgan fingerprint density at radius 1 is 1.35 bits per heavy atom. The number of nitrogens with zero attached hydrogens (tertiary/aromatic N) is 2. The van der Waals surface area contributed by atoms with Crippen molar-refractivity contribution in [1.29, 1.82) is 0 Å². The summed E-state index contributed by atoms with van der Waals surface area (Å²) in [6, 6.07) is 6.01. The first kappa shape index (κ1) is 13.9. The molecule has 0 atom stereocenters. The smallest absolute Gasteiger partial charge is 0.387 e. The van der Waals surface area contributed by atoms with Crippen LogP contribution in [0.15, 0.2) is 42.7 Å². The van der Waals surface area contributed by atoms with Crippen LogP contribution in [0.25, 0.3) is 6.08 Å². The zero-order valence-corrected chi connectivity index (χ0v) is 10.7. The van der Waals surface area contributed by atoms with Gasteiger partial charge in [-0.3, -0.25) is 9.48 Å². The number of aryl methyl sites for hydroxylation is 1. The van der Waals surface area contributed by atoms with E-state index in [2.05, 4.69) is 9.84 Å². The molecule has 6 heteroatoms. The fourth-order valence-corrected chi connectivity index (χ4v) is 1.58. The van der Waals surface area contributed by atoms with Crippen LogP contribution >= 0.6 is 0 Å². The summed E-state index contributed by atoms with van der Waals surface area (Å²) in [6.45, 7) is -2.84. The molecule has 0 fully saturated rings. The summed E-state index contributed by atoms with van der Waals surface area (Å²) < 4.78 is 29.7. The highest BCUT2D eigenvalue weighted by molar-refractivity contribution is 6.06. The molecule has 104 valence electrons. The number of carbonyl (C=O) groups excluding carboxylic acids is 1. The topological polar surface area (TPSA) is 44.1 Å². The molecule has 0 unspecified atom stereocenters. The van der Waals surface area contributed by atoms with Crippen molar-refractivity contribution in [2.75, 3.05) is 0 Å². The van der Waals surface area contributed by atoms with Crippen molar-refractivity contribution >= 4 is 11.9 Å². The summed E-state index contributed by atoms with van der Waals surface area (Å²) in [5, 5.41) is 3.91. The molecule has 0 aliphatic heterocycles. The minimum atomic E-state index is -2.84. The molecule has 1 heterocycles. The first-order valence-corrected chi connectivity index (χ1v) is 5.80. The van der Waals surface area contributed by atoms with Crippen LogP contribution in [0.4, 0.5) is 8.78 Å². The molecule has 20 heavy (non-hydrogen) atoms. The number of ether oxygens (including phenoxy) is 1. The number of carbonyl (C=O) groups is 1. The van der Waals surface area contributed by atoms with E-state index in [0.29, 0.717) is 11.1 Å². The Labute approximate surface area is 114 Å². The van der Waals surface area contributed by atoms with Crippen molar-refractivity contribution in [3.8, 4) is 5.75 Å². The second-order valence-corrected chi connectivity index (χ2v) is 4.05. The maximum atomic E-state index is 12.0.